The van der Waals surface area contributed by atoms with E-state index in [9.17, 15) is 9.00 Å². The number of pyridine rings is 1. The van der Waals surface area contributed by atoms with Crippen molar-refractivity contribution in [3.05, 3.63) is 60.6 Å². The molecule has 5 heterocycles. The fraction of sp³-hybridized carbons (Fsp3) is 0.250. The summed E-state index contributed by atoms with van der Waals surface area (Å²) in [7, 11) is -1.05. The van der Waals surface area contributed by atoms with E-state index in [0.29, 0.717) is 37.8 Å². The van der Waals surface area contributed by atoms with Crippen LogP contribution in [0.25, 0.3) is 22.4 Å². The molecule has 9 nitrogen and oxygen atoms in total. The summed E-state index contributed by atoms with van der Waals surface area (Å²) < 4.78 is 17.4. The van der Waals surface area contributed by atoms with Crippen LogP contribution in [0.1, 0.15) is 5.56 Å². The number of benzene rings is 1. The molecule has 1 amide bonds. The van der Waals surface area contributed by atoms with Crippen LogP contribution in [0, 0.1) is 0 Å². The number of ether oxygens (including phenoxy) is 1. The quantitative estimate of drug-likeness (QED) is 0.485. The Bertz CT molecular complexity index is 1420. The molecule has 0 bridgehead atoms. The third-order valence-corrected chi connectivity index (χ3v) is 7.18. The summed E-state index contributed by atoms with van der Waals surface area (Å²) in [6, 6.07) is 10.9. The molecule has 0 aliphatic carbocycles. The van der Waals surface area contributed by atoms with Crippen molar-refractivity contribution in [2.75, 3.05) is 35.8 Å². The van der Waals surface area contributed by atoms with Crippen LogP contribution in [-0.2, 0) is 26.9 Å². The molecule has 2 aliphatic heterocycles. The smallest absolute Gasteiger partial charge is 0.252 e. The van der Waals surface area contributed by atoms with Gasteiger partial charge in [-0.25, -0.2) is 9.97 Å². The predicted molar refractivity (Wildman–Crippen MR) is 129 cm³/mol. The van der Waals surface area contributed by atoms with Gasteiger partial charge in [0.05, 0.1) is 37.0 Å². The van der Waals surface area contributed by atoms with E-state index in [1.165, 1.54) is 0 Å². The molecule has 34 heavy (non-hydrogen) atoms. The number of fused-ring (bicyclic) bond motifs is 4. The number of amides is 1. The second kappa shape index (κ2) is 8.30. The first kappa shape index (κ1) is 20.9. The van der Waals surface area contributed by atoms with Crippen molar-refractivity contribution >= 4 is 39.2 Å². The second-order valence-electron chi connectivity index (χ2n) is 8.34. The van der Waals surface area contributed by atoms with Gasteiger partial charge in [-0.3, -0.25) is 14.0 Å². The molecule has 1 fully saturated rings. The van der Waals surface area contributed by atoms with E-state index in [-0.39, 0.29) is 5.91 Å². The fourth-order valence-electron chi connectivity index (χ4n) is 4.46. The molecular weight excluding hydrogens is 452 g/mol. The minimum absolute atomic E-state index is 0.0406. The van der Waals surface area contributed by atoms with Crippen molar-refractivity contribution in [1.82, 2.24) is 19.9 Å². The first-order chi connectivity index (χ1) is 16.6. The van der Waals surface area contributed by atoms with E-state index in [2.05, 4.69) is 15.0 Å². The number of anilines is 2. The van der Waals surface area contributed by atoms with E-state index in [4.69, 9.17) is 9.72 Å². The molecule has 3 aromatic heterocycles. The SMILES string of the molecule is CS(=O)c1ccc(CN2C(=O)C3COCCN3c3nc(-c4cnc5cc[nH]c5c4)ncc32)cc1. The lowest BCUT2D eigenvalue weighted by atomic mass is 10.1. The van der Waals surface area contributed by atoms with Crippen LogP contribution in [0.5, 0.6) is 0 Å². The van der Waals surface area contributed by atoms with Crippen molar-refractivity contribution in [1.29, 1.82) is 0 Å². The lowest BCUT2D eigenvalue weighted by Crippen LogP contribution is -2.58. The van der Waals surface area contributed by atoms with Crippen LogP contribution in [0.15, 0.2) is 59.9 Å². The number of nitrogens with one attached hydrogen (secondary N) is 1. The van der Waals surface area contributed by atoms with E-state index in [1.54, 1.807) is 23.5 Å². The highest BCUT2D eigenvalue weighted by molar-refractivity contribution is 7.84. The Morgan fingerprint density at radius 3 is 2.85 bits per heavy atom. The third kappa shape index (κ3) is 3.55. The predicted octanol–water partition coefficient (Wildman–Crippen LogP) is 2.51. The Labute approximate surface area is 198 Å². The van der Waals surface area contributed by atoms with Crippen molar-refractivity contribution in [3.8, 4) is 11.4 Å². The van der Waals surface area contributed by atoms with E-state index in [0.717, 1.165) is 32.9 Å². The molecule has 6 rings (SSSR count). The number of hydrogen-bond donors (Lipinski definition) is 1. The van der Waals surface area contributed by atoms with Crippen molar-refractivity contribution < 1.29 is 13.7 Å². The number of morpholine rings is 1. The Morgan fingerprint density at radius 2 is 2.03 bits per heavy atom. The van der Waals surface area contributed by atoms with E-state index >= 15 is 0 Å². The molecule has 0 radical (unpaired) electrons. The average Bonchev–Trinajstić information content (AvgIpc) is 3.34. The number of nitrogens with zero attached hydrogens (tertiary/aromatic N) is 5. The molecular formula is C24H22N6O3S. The maximum atomic E-state index is 13.5. The van der Waals surface area contributed by atoms with Gasteiger partial charge in [-0.1, -0.05) is 12.1 Å². The second-order valence-corrected chi connectivity index (χ2v) is 9.72. The van der Waals surface area contributed by atoms with Crippen molar-refractivity contribution in [3.63, 3.8) is 0 Å². The highest BCUT2D eigenvalue weighted by atomic mass is 32.2. The third-order valence-electron chi connectivity index (χ3n) is 6.25. The van der Waals surface area contributed by atoms with Gasteiger partial charge < -0.3 is 19.5 Å². The van der Waals surface area contributed by atoms with Gasteiger partial charge >= 0.3 is 0 Å². The monoisotopic (exact) mass is 474 g/mol. The van der Waals surface area contributed by atoms with Gasteiger partial charge in [0.25, 0.3) is 5.91 Å². The standard InChI is InChI=1S/C24H22N6O3S/c1-34(32)17-4-2-15(3-5-17)13-30-20-12-27-22(16-10-19-18(26-11-16)6-7-25-19)28-23(20)29-8-9-33-14-21(29)24(30)31/h2-7,10-12,21,25H,8-9,13-14H2,1H3. The molecule has 172 valence electrons. The molecule has 1 N–H and O–H groups in total. The number of carbonyl (C=O) groups excluding carboxylic acids is 1. The summed E-state index contributed by atoms with van der Waals surface area (Å²) in [6.45, 7) is 1.80. The molecule has 4 aromatic rings. The number of hydrogen-bond acceptors (Lipinski definition) is 7. The summed E-state index contributed by atoms with van der Waals surface area (Å²) in [5, 5.41) is 0. The van der Waals surface area contributed by atoms with E-state index < -0.39 is 16.8 Å². The number of aromatic nitrogens is 4. The zero-order chi connectivity index (χ0) is 23.2. The minimum Gasteiger partial charge on any atom is -0.377 e. The Balaban J connectivity index is 1.40. The van der Waals surface area contributed by atoms with Crippen LogP contribution in [-0.4, -0.2) is 62.1 Å². The first-order valence-corrected chi connectivity index (χ1v) is 12.5. The normalized spacial score (nSPS) is 18.6. The zero-order valence-electron chi connectivity index (χ0n) is 18.5. The maximum absolute atomic E-state index is 13.5. The molecule has 10 heteroatoms. The number of H-pyrrole nitrogens is 1. The first-order valence-electron chi connectivity index (χ1n) is 11.0. The molecule has 1 saturated heterocycles. The van der Waals surface area contributed by atoms with Crippen LogP contribution in [0.3, 0.4) is 0 Å². The van der Waals surface area contributed by atoms with Gasteiger partial charge in [0, 0.05) is 46.5 Å². The van der Waals surface area contributed by atoms with Gasteiger partial charge in [-0.2, -0.15) is 0 Å². The molecule has 2 atom stereocenters. The summed E-state index contributed by atoms with van der Waals surface area (Å²) in [4.78, 5) is 35.1. The number of rotatable bonds is 4. The minimum atomic E-state index is -1.05. The Kier molecular flexibility index (Phi) is 5.11. The van der Waals surface area contributed by atoms with Crippen molar-refractivity contribution in [2.24, 2.45) is 0 Å². The van der Waals surface area contributed by atoms with Crippen LogP contribution in [0.4, 0.5) is 11.5 Å². The summed E-state index contributed by atoms with van der Waals surface area (Å²) in [6.07, 6.45) is 6.98. The highest BCUT2D eigenvalue weighted by Gasteiger charge is 2.41. The average molecular weight is 475 g/mol. The van der Waals surface area contributed by atoms with Gasteiger partial charge in [0.1, 0.15) is 11.7 Å². The topological polar surface area (TPSA) is 104 Å². The van der Waals surface area contributed by atoms with Crippen LogP contribution < -0.4 is 9.80 Å². The summed E-state index contributed by atoms with van der Waals surface area (Å²) in [5.74, 6) is 1.23. The largest absolute Gasteiger partial charge is 0.377 e. The van der Waals surface area contributed by atoms with Crippen molar-refractivity contribution in [2.45, 2.75) is 17.5 Å². The van der Waals surface area contributed by atoms with Gasteiger partial charge in [-0.15, -0.1) is 0 Å². The Hall–Kier alpha value is -3.63. The van der Waals surface area contributed by atoms with Crippen LogP contribution in [0.2, 0.25) is 0 Å². The lowest BCUT2D eigenvalue weighted by Gasteiger charge is -2.43. The van der Waals surface area contributed by atoms with Gasteiger partial charge in [0.2, 0.25) is 0 Å². The van der Waals surface area contributed by atoms with Gasteiger partial charge in [-0.05, 0) is 29.8 Å². The summed E-state index contributed by atoms with van der Waals surface area (Å²) >= 11 is 0. The molecule has 2 unspecified atom stereocenters. The maximum Gasteiger partial charge on any atom is 0.252 e. The van der Waals surface area contributed by atoms with Gasteiger partial charge in [0.15, 0.2) is 11.6 Å². The van der Waals surface area contributed by atoms with Crippen LogP contribution >= 0.6 is 0 Å². The molecule has 2 aliphatic rings. The zero-order valence-corrected chi connectivity index (χ0v) is 19.3. The molecule has 1 aromatic carbocycles. The number of carbonyl (C=O) groups is 1. The highest BCUT2D eigenvalue weighted by Crippen LogP contribution is 2.37. The fourth-order valence-corrected chi connectivity index (χ4v) is 4.98. The van der Waals surface area contributed by atoms with E-state index in [1.807, 2.05) is 47.5 Å². The number of aromatic amines is 1. The lowest BCUT2D eigenvalue weighted by molar-refractivity contribution is -0.122. The molecule has 0 spiro atoms. The Morgan fingerprint density at radius 1 is 1.18 bits per heavy atom. The summed E-state index contributed by atoms with van der Waals surface area (Å²) in [5.41, 5.74) is 4.20. The molecule has 0 saturated carbocycles.